The highest BCUT2D eigenvalue weighted by atomic mass is 79.9. The lowest BCUT2D eigenvalue weighted by molar-refractivity contribution is 0.0949. The maximum atomic E-state index is 12.0. The first-order valence-electron chi connectivity index (χ1n) is 6.23. The summed E-state index contributed by atoms with van der Waals surface area (Å²) in [6.45, 7) is 3.90. The molecule has 1 aliphatic rings. The van der Waals surface area contributed by atoms with Crippen molar-refractivity contribution in [2.45, 2.75) is 12.8 Å². The monoisotopic (exact) mass is 311 g/mol. The first kappa shape index (κ1) is 13.4. The van der Waals surface area contributed by atoms with Gasteiger partial charge in [0.2, 0.25) is 0 Å². The largest absolute Gasteiger partial charge is 0.398 e. The van der Waals surface area contributed by atoms with Gasteiger partial charge in [-0.1, -0.05) is 6.07 Å². The van der Waals surface area contributed by atoms with Crippen molar-refractivity contribution in [3.05, 3.63) is 28.2 Å². The third-order valence-corrected chi connectivity index (χ3v) is 4.07. The minimum absolute atomic E-state index is 0.0756. The molecule has 0 radical (unpaired) electrons. The Labute approximate surface area is 116 Å². The zero-order valence-electron chi connectivity index (χ0n) is 10.3. The fourth-order valence-corrected chi connectivity index (χ4v) is 2.60. The van der Waals surface area contributed by atoms with Crippen molar-refractivity contribution in [1.82, 2.24) is 10.2 Å². The molecule has 0 atom stereocenters. The minimum atomic E-state index is -0.0756. The van der Waals surface area contributed by atoms with Crippen molar-refractivity contribution in [2.75, 3.05) is 31.9 Å². The number of nitrogens with two attached hydrogens (primary N) is 1. The number of amides is 1. The van der Waals surface area contributed by atoms with E-state index in [2.05, 4.69) is 26.1 Å². The highest BCUT2D eigenvalue weighted by molar-refractivity contribution is 9.10. The molecule has 1 heterocycles. The summed E-state index contributed by atoms with van der Waals surface area (Å²) in [5, 5.41) is 2.93. The van der Waals surface area contributed by atoms with Gasteiger partial charge in [0.05, 0.1) is 10.0 Å². The number of hydrogen-bond donors (Lipinski definition) is 2. The van der Waals surface area contributed by atoms with E-state index >= 15 is 0 Å². The van der Waals surface area contributed by atoms with Crippen molar-refractivity contribution < 1.29 is 4.79 Å². The first-order valence-corrected chi connectivity index (χ1v) is 7.02. The van der Waals surface area contributed by atoms with Gasteiger partial charge in [-0.25, -0.2) is 0 Å². The predicted octanol–water partition coefficient (Wildman–Crippen LogP) is 1.86. The number of halogens is 1. The van der Waals surface area contributed by atoms with Crippen LogP contribution in [0.1, 0.15) is 23.2 Å². The van der Waals surface area contributed by atoms with Crippen LogP contribution in [-0.2, 0) is 0 Å². The molecule has 1 saturated heterocycles. The van der Waals surface area contributed by atoms with Gasteiger partial charge in [0.25, 0.3) is 5.91 Å². The summed E-state index contributed by atoms with van der Waals surface area (Å²) >= 11 is 3.34. The quantitative estimate of drug-likeness (QED) is 0.834. The first-order chi connectivity index (χ1) is 8.68. The van der Waals surface area contributed by atoms with Gasteiger partial charge in [-0.15, -0.1) is 0 Å². The van der Waals surface area contributed by atoms with Crippen molar-refractivity contribution in [1.29, 1.82) is 0 Å². The fourth-order valence-electron chi connectivity index (χ4n) is 2.15. The Balaban J connectivity index is 1.85. The molecule has 1 fully saturated rings. The number of anilines is 1. The molecule has 2 rings (SSSR count). The summed E-state index contributed by atoms with van der Waals surface area (Å²) in [6, 6.07) is 5.33. The highest BCUT2D eigenvalue weighted by Gasteiger charge is 2.13. The molecule has 0 aromatic heterocycles. The Morgan fingerprint density at radius 1 is 1.39 bits per heavy atom. The molecule has 1 aromatic rings. The number of benzene rings is 1. The fraction of sp³-hybridized carbons (Fsp3) is 0.462. The van der Waals surface area contributed by atoms with Crippen molar-refractivity contribution in [3.63, 3.8) is 0 Å². The number of hydrogen-bond acceptors (Lipinski definition) is 3. The zero-order valence-corrected chi connectivity index (χ0v) is 11.9. The standard InChI is InChI=1S/C13H18BrN3O/c14-12-10(4-3-5-11(12)15)13(18)16-6-9-17-7-1-2-8-17/h3-5H,1-2,6-9,15H2,(H,16,18). The highest BCUT2D eigenvalue weighted by Crippen LogP contribution is 2.23. The molecule has 1 amide bonds. The van der Waals surface area contributed by atoms with Gasteiger partial charge >= 0.3 is 0 Å². The van der Waals surface area contributed by atoms with E-state index in [0.717, 1.165) is 19.6 Å². The van der Waals surface area contributed by atoms with Crippen LogP contribution >= 0.6 is 15.9 Å². The number of rotatable bonds is 4. The number of likely N-dealkylation sites (tertiary alicyclic amines) is 1. The summed E-state index contributed by atoms with van der Waals surface area (Å²) in [5.41, 5.74) is 6.93. The van der Waals surface area contributed by atoms with E-state index < -0.39 is 0 Å². The van der Waals surface area contributed by atoms with Crippen LogP contribution in [0.3, 0.4) is 0 Å². The van der Waals surface area contributed by atoms with E-state index in [9.17, 15) is 4.79 Å². The molecule has 3 N–H and O–H groups in total. The van der Waals surface area contributed by atoms with E-state index in [0.29, 0.717) is 22.3 Å². The van der Waals surface area contributed by atoms with Crippen LogP contribution in [0.15, 0.2) is 22.7 Å². The number of nitrogens with zero attached hydrogens (tertiary/aromatic N) is 1. The Kier molecular flexibility index (Phi) is 4.60. The number of carbonyl (C=O) groups excluding carboxylic acids is 1. The Morgan fingerprint density at radius 2 is 2.11 bits per heavy atom. The van der Waals surface area contributed by atoms with Gasteiger partial charge in [0.15, 0.2) is 0 Å². The lowest BCUT2D eigenvalue weighted by Crippen LogP contribution is -2.33. The van der Waals surface area contributed by atoms with Gasteiger partial charge in [-0.2, -0.15) is 0 Å². The van der Waals surface area contributed by atoms with Crippen LogP contribution < -0.4 is 11.1 Å². The van der Waals surface area contributed by atoms with Crippen LogP contribution in [0, 0.1) is 0 Å². The Morgan fingerprint density at radius 3 is 2.83 bits per heavy atom. The lowest BCUT2D eigenvalue weighted by atomic mass is 10.2. The summed E-state index contributed by atoms with van der Waals surface area (Å²) in [7, 11) is 0. The molecule has 1 aliphatic heterocycles. The van der Waals surface area contributed by atoms with Crippen LogP contribution in [0.4, 0.5) is 5.69 Å². The molecule has 0 unspecified atom stereocenters. The van der Waals surface area contributed by atoms with Gasteiger partial charge in [-0.05, 0) is 54.0 Å². The van der Waals surface area contributed by atoms with Crippen LogP contribution in [0.2, 0.25) is 0 Å². The smallest absolute Gasteiger partial charge is 0.252 e. The molecule has 0 bridgehead atoms. The predicted molar refractivity (Wildman–Crippen MR) is 76.6 cm³/mol. The van der Waals surface area contributed by atoms with Gasteiger partial charge in [0, 0.05) is 18.8 Å². The van der Waals surface area contributed by atoms with E-state index in [1.807, 2.05) is 0 Å². The molecule has 98 valence electrons. The molecule has 5 heteroatoms. The second-order valence-electron chi connectivity index (χ2n) is 4.51. The van der Waals surface area contributed by atoms with Crippen molar-refractivity contribution >= 4 is 27.5 Å². The van der Waals surface area contributed by atoms with Crippen LogP contribution in [-0.4, -0.2) is 37.0 Å². The van der Waals surface area contributed by atoms with E-state index in [-0.39, 0.29) is 5.91 Å². The minimum Gasteiger partial charge on any atom is -0.398 e. The van der Waals surface area contributed by atoms with E-state index in [1.54, 1.807) is 18.2 Å². The molecule has 4 nitrogen and oxygen atoms in total. The Bertz CT molecular complexity index is 430. The van der Waals surface area contributed by atoms with Crippen LogP contribution in [0.25, 0.3) is 0 Å². The second kappa shape index (κ2) is 6.20. The summed E-state index contributed by atoms with van der Waals surface area (Å²) in [6.07, 6.45) is 2.55. The Hall–Kier alpha value is -1.07. The third-order valence-electron chi connectivity index (χ3n) is 3.19. The molecular formula is C13H18BrN3O. The van der Waals surface area contributed by atoms with Gasteiger partial charge in [-0.3, -0.25) is 4.79 Å². The maximum absolute atomic E-state index is 12.0. The maximum Gasteiger partial charge on any atom is 0.252 e. The zero-order chi connectivity index (χ0) is 13.0. The summed E-state index contributed by atoms with van der Waals surface area (Å²) in [4.78, 5) is 14.3. The topological polar surface area (TPSA) is 58.4 Å². The van der Waals surface area contributed by atoms with Crippen molar-refractivity contribution in [2.24, 2.45) is 0 Å². The van der Waals surface area contributed by atoms with Crippen LogP contribution in [0.5, 0.6) is 0 Å². The van der Waals surface area contributed by atoms with E-state index in [1.165, 1.54) is 12.8 Å². The molecule has 1 aromatic carbocycles. The van der Waals surface area contributed by atoms with Gasteiger partial charge < -0.3 is 16.0 Å². The third kappa shape index (κ3) is 3.23. The van der Waals surface area contributed by atoms with Gasteiger partial charge in [0.1, 0.15) is 0 Å². The summed E-state index contributed by atoms with van der Waals surface area (Å²) < 4.78 is 0.670. The molecule has 0 saturated carbocycles. The normalized spacial score (nSPS) is 15.8. The molecular weight excluding hydrogens is 294 g/mol. The second-order valence-corrected chi connectivity index (χ2v) is 5.31. The number of nitrogen functional groups attached to an aromatic ring is 1. The SMILES string of the molecule is Nc1cccc(C(=O)NCCN2CCCC2)c1Br. The van der Waals surface area contributed by atoms with Crippen molar-refractivity contribution in [3.8, 4) is 0 Å². The number of carbonyl (C=O) groups is 1. The summed E-state index contributed by atoms with van der Waals surface area (Å²) in [5.74, 6) is -0.0756. The van der Waals surface area contributed by atoms with E-state index in [4.69, 9.17) is 5.73 Å². The average molecular weight is 312 g/mol. The lowest BCUT2D eigenvalue weighted by Gasteiger charge is -2.15. The molecule has 0 aliphatic carbocycles. The molecule has 18 heavy (non-hydrogen) atoms. The number of nitrogens with one attached hydrogen (secondary N) is 1. The molecule has 0 spiro atoms. The average Bonchev–Trinajstić information content (AvgIpc) is 2.85.